The second kappa shape index (κ2) is 11.5. The summed E-state index contributed by atoms with van der Waals surface area (Å²) in [6.45, 7) is 14.3. The van der Waals surface area contributed by atoms with Crippen LogP contribution in [0.1, 0.15) is 39.5 Å². The van der Waals surface area contributed by atoms with Gasteiger partial charge in [0.25, 0.3) is 0 Å². The van der Waals surface area contributed by atoms with Crippen molar-refractivity contribution in [2.75, 3.05) is 59.0 Å². The molecule has 0 unspecified atom stereocenters. The highest BCUT2D eigenvalue weighted by Crippen LogP contribution is 2.05. The minimum Gasteiger partial charge on any atom is -0.380 e. The van der Waals surface area contributed by atoms with Gasteiger partial charge in [-0.15, -0.1) is 0 Å². The number of ether oxygens (including phenoxy) is 1. The zero-order chi connectivity index (χ0) is 14.6. The number of nitrogens with zero attached hydrogens (tertiary/aromatic N) is 2. The minimum atomic E-state index is 0.748. The van der Waals surface area contributed by atoms with E-state index in [9.17, 15) is 0 Å². The van der Waals surface area contributed by atoms with E-state index >= 15 is 0 Å². The van der Waals surface area contributed by atoms with Gasteiger partial charge in [-0.25, -0.2) is 0 Å². The highest BCUT2D eigenvalue weighted by Gasteiger charge is 2.15. The van der Waals surface area contributed by atoms with Crippen LogP contribution in [0.2, 0.25) is 0 Å². The van der Waals surface area contributed by atoms with Gasteiger partial charge in [-0.1, -0.05) is 20.3 Å². The summed E-state index contributed by atoms with van der Waals surface area (Å²) in [6, 6.07) is 0. The van der Waals surface area contributed by atoms with E-state index in [4.69, 9.17) is 10.5 Å². The van der Waals surface area contributed by atoms with Gasteiger partial charge in [0.1, 0.15) is 0 Å². The Morgan fingerprint density at radius 1 is 0.900 bits per heavy atom. The van der Waals surface area contributed by atoms with E-state index < -0.39 is 0 Å². The molecule has 1 aliphatic rings. The second-order valence-corrected chi connectivity index (χ2v) is 6.33. The third kappa shape index (κ3) is 8.90. The average molecular weight is 285 g/mol. The lowest BCUT2D eigenvalue weighted by atomic mass is 10.1. The molecule has 120 valence electrons. The van der Waals surface area contributed by atoms with Crippen LogP contribution < -0.4 is 5.73 Å². The predicted octanol–water partition coefficient (Wildman–Crippen LogP) is 1.80. The van der Waals surface area contributed by atoms with E-state index in [0.29, 0.717) is 0 Å². The molecule has 4 heteroatoms. The number of nitrogens with two attached hydrogens (primary N) is 1. The summed E-state index contributed by atoms with van der Waals surface area (Å²) in [6.07, 6.45) is 4.93. The number of hydrogen-bond acceptors (Lipinski definition) is 4. The highest BCUT2D eigenvalue weighted by atomic mass is 16.5. The molecule has 0 aliphatic carbocycles. The highest BCUT2D eigenvalue weighted by molar-refractivity contribution is 4.71. The van der Waals surface area contributed by atoms with Crippen LogP contribution in [0.3, 0.4) is 0 Å². The van der Waals surface area contributed by atoms with E-state index in [1.165, 1.54) is 58.4 Å². The lowest BCUT2D eigenvalue weighted by molar-refractivity contribution is 0.0709. The molecular formula is C16H35N3O. The first-order valence-electron chi connectivity index (χ1n) is 8.45. The molecule has 0 bridgehead atoms. The van der Waals surface area contributed by atoms with Crippen molar-refractivity contribution in [2.24, 2.45) is 11.7 Å². The fourth-order valence-electron chi connectivity index (χ4n) is 2.51. The summed E-state index contributed by atoms with van der Waals surface area (Å²) < 4.78 is 5.70. The van der Waals surface area contributed by atoms with Gasteiger partial charge in [0.2, 0.25) is 0 Å². The normalized spacial score (nSPS) is 18.0. The summed E-state index contributed by atoms with van der Waals surface area (Å²) in [7, 11) is 0. The Hall–Kier alpha value is -0.160. The molecule has 1 fully saturated rings. The minimum absolute atomic E-state index is 0.748. The molecule has 20 heavy (non-hydrogen) atoms. The lowest BCUT2D eigenvalue weighted by Crippen LogP contribution is -2.47. The van der Waals surface area contributed by atoms with E-state index in [1.807, 2.05) is 0 Å². The molecule has 0 atom stereocenters. The molecule has 0 aromatic rings. The molecule has 0 aromatic heterocycles. The SMILES string of the molecule is CC(C)CCOCCN1CCN(CCCCCN)CC1. The van der Waals surface area contributed by atoms with Crippen molar-refractivity contribution in [3.8, 4) is 0 Å². The molecule has 0 saturated carbocycles. The summed E-state index contributed by atoms with van der Waals surface area (Å²) in [5, 5.41) is 0. The third-order valence-electron chi connectivity index (χ3n) is 4.03. The maximum atomic E-state index is 5.70. The standard InChI is InChI=1S/C16H35N3O/c1-16(2)6-14-20-15-13-19-11-9-18(10-12-19)8-5-3-4-7-17/h16H,3-15,17H2,1-2H3. The predicted molar refractivity (Wildman–Crippen MR) is 86.1 cm³/mol. The maximum absolute atomic E-state index is 5.70. The van der Waals surface area contributed by atoms with Crippen molar-refractivity contribution in [1.82, 2.24) is 9.80 Å². The Morgan fingerprint density at radius 2 is 1.55 bits per heavy atom. The van der Waals surface area contributed by atoms with Gasteiger partial charge in [0.15, 0.2) is 0 Å². The molecule has 1 heterocycles. The molecular weight excluding hydrogens is 250 g/mol. The number of piperazine rings is 1. The van der Waals surface area contributed by atoms with E-state index in [0.717, 1.165) is 32.2 Å². The van der Waals surface area contributed by atoms with Gasteiger partial charge in [-0.3, -0.25) is 4.90 Å². The van der Waals surface area contributed by atoms with Crippen LogP contribution >= 0.6 is 0 Å². The van der Waals surface area contributed by atoms with Crippen molar-refractivity contribution in [3.05, 3.63) is 0 Å². The summed E-state index contributed by atoms with van der Waals surface area (Å²) in [5.74, 6) is 0.748. The van der Waals surface area contributed by atoms with Gasteiger partial charge in [-0.2, -0.15) is 0 Å². The van der Waals surface area contributed by atoms with Crippen LogP contribution in [0, 0.1) is 5.92 Å². The summed E-state index contributed by atoms with van der Waals surface area (Å²) >= 11 is 0. The number of hydrogen-bond donors (Lipinski definition) is 1. The summed E-state index contributed by atoms with van der Waals surface area (Å²) in [5.41, 5.74) is 5.52. The van der Waals surface area contributed by atoms with Crippen molar-refractivity contribution in [2.45, 2.75) is 39.5 Å². The Balaban J connectivity index is 1.93. The fourth-order valence-corrected chi connectivity index (χ4v) is 2.51. The first-order valence-corrected chi connectivity index (χ1v) is 8.45. The maximum Gasteiger partial charge on any atom is 0.0593 e. The van der Waals surface area contributed by atoms with Crippen molar-refractivity contribution >= 4 is 0 Å². The first kappa shape index (κ1) is 17.9. The monoisotopic (exact) mass is 285 g/mol. The van der Waals surface area contributed by atoms with Gasteiger partial charge in [0.05, 0.1) is 6.61 Å². The molecule has 1 saturated heterocycles. The molecule has 2 N–H and O–H groups in total. The number of rotatable bonds is 11. The molecule has 0 amide bonds. The third-order valence-corrected chi connectivity index (χ3v) is 4.03. The van der Waals surface area contributed by atoms with Gasteiger partial charge in [-0.05, 0) is 38.3 Å². The van der Waals surface area contributed by atoms with Gasteiger partial charge in [0, 0.05) is 39.3 Å². The topological polar surface area (TPSA) is 41.7 Å². The fraction of sp³-hybridized carbons (Fsp3) is 1.00. The number of unbranched alkanes of at least 4 members (excludes halogenated alkanes) is 2. The molecule has 0 spiro atoms. The van der Waals surface area contributed by atoms with E-state index in [1.54, 1.807) is 0 Å². The quantitative estimate of drug-likeness (QED) is 0.588. The van der Waals surface area contributed by atoms with Crippen molar-refractivity contribution in [3.63, 3.8) is 0 Å². The van der Waals surface area contributed by atoms with Crippen LogP contribution in [-0.4, -0.2) is 68.8 Å². The Bertz CT molecular complexity index is 216. The van der Waals surface area contributed by atoms with Gasteiger partial charge >= 0.3 is 0 Å². The smallest absolute Gasteiger partial charge is 0.0593 e. The molecule has 1 rings (SSSR count). The first-order chi connectivity index (χ1) is 9.72. The Kier molecular flexibility index (Phi) is 10.3. The average Bonchev–Trinajstić information content (AvgIpc) is 2.44. The summed E-state index contributed by atoms with van der Waals surface area (Å²) in [4.78, 5) is 5.12. The zero-order valence-corrected chi connectivity index (χ0v) is 13.6. The second-order valence-electron chi connectivity index (χ2n) is 6.33. The van der Waals surface area contributed by atoms with Crippen LogP contribution in [0.5, 0.6) is 0 Å². The zero-order valence-electron chi connectivity index (χ0n) is 13.6. The van der Waals surface area contributed by atoms with E-state index in [-0.39, 0.29) is 0 Å². The Morgan fingerprint density at radius 3 is 2.15 bits per heavy atom. The molecule has 0 radical (unpaired) electrons. The van der Waals surface area contributed by atoms with Crippen molar-refractivity contribution < 1.29 is 4.74 Å². The van der Waals surface area contributed by atoms with Gasteiger partial charge < -0.3 is 15.4 Å². The Labute approximate surface area is 125 Å². The van der Waals surface area contributed by atoms with Crippen LogP contribution in [0.25, 0.3) is 0 Å². The van der Waals surface area contributed by atoms with Crippen LogP contribution in [0.4, 0.5) is 0 Å². The molecule has 4 nitrogen and oxygen atoms in total. The molecule has 1 aliphatic heterocycles. The largest absolute Gasteiger partial charge is 0.380 e. The van der Waals surface area contributed by atoms with Crippen LogP contribution in [-0.2, 0) is 4.74 Å². The van der Waals surface area contributed by atoms with Crippen molar-refractivity contribution in [1.29, 1.82) is 0 Å². The molecule has 0 aromatic carbocycles. The lowest BCUT2D eigenvalue weighted by Gasteiger charge is -2.34. The van der Waals surface area contributed by atoms with E-state index in [2.05, 4.69) is 23.6 Å². The van der Waals surface area contributed by atoms with Crippen LogP contribution in [0.15, 0.2) is 0 Å².